The summed E-state index contributed by atoms with van der Waals surface area (Å²) < 4.78 is 37.2. The van der Waals surface area contributed by atoms with Crippen molar-refractivity contribution in [1.82, 2.24) is 10.2 Å². The van der Waals surface area contributed by atoms with E-state index in [9.17, 15) is 13.2 Å². The molecule has 0 saturated heterocycles. The molecule has 0 atom stereocenters. The van der Waals surface area contributed by atoms with Crippen LogP contribution in [0.3, 0.4) is 0 Å². The minimum Gasteiger partial charge on any atom is -0.312 e. The Labute approximate surface area is 122 Å². The molecular weight excluding hydrogens is 265 g/mol. The van der Waals surface area contributed by atoms with E-state index in [0.717, 1.165) is 32.2 Å². The van der Waals surface area contributed by atoms with Crippen molar-refractivity contribution in [3.05, 3.63) is 0 Å². The summed E-state index contributed by atoms with van der Waals surface area (Å²) in [6.45, 7) is 10.7. The van der Waals surface area contributed by atoms with Gasteiger partial charge in [0.1, 0.15) is 0 Å². The van der Waals surface area contributed by atoms with E-state index in [4.69, 9.17) is 0 Å². The average Bonchev–Trinajstić information content (AvgIpc) is 2.22. The van der Waals surface area contributed by atoms with Gasteiger partial charge in [-0.3, -0.25) is 4.90 Å². The van der Waals surface area contributed by atoms with Crippen LogP contribution in [0.2, 0.25) is 0 Å². The fourth-order valence-corrected chi connectivity index (χ4v) is 2.01. The van der Waals surface area contributed by atoms with Crippen LogP contribution in [-0.2, 0) is 0 Å². The number of unbranched alkanes of at least 4 members (excludes halogenated alkanes) is 3. The third-order valence-electron chi connectivity index (χ3n) is 3.14. The summed E-state index contributed by atoms with van der Waals surface area (Å²) in [7, 11) is 0. The molecule has 0 aromatic rings. The Morgan fingerprint density at radius 3 is 1.95 bits per heavy atom. The van der Waals surface area contributed by atoms with Crippen molar-refractivity contribution in [2.24, 2.45) is 0 Å². The van der Waals surface area contributed by atoms with Crippen LogP contribution in [0.1, 0.15) is 60.3 Å². The van der Waals surface area contributed by atoms with Crippen LogP contribution in [0.4, 0.5) is 13.2 Å². The van der Waals surface area contributed by atoms with E-state index in [-0.39, 0.29) is 11.6 Å². The molecule has 0 unspecified atom stereocenters. The summed E-state index contributed by atoms with van der Waals surface area (Å²) in [6.07, 6.45) is -0.114. The van der Waals surface area contributed by atoms with Crippen molar-refractivity contribution in [2.75, 3.05) is 19.6 Å². The minimum absolute atomic E-state index is 0.0563. The van der Waals surface area contributed by atoms with Gasteiger partial charge in [-0.05, 0) is 60.5 Å². The van der Waals surface area contributed by atoms with E-state index >= 15 is 0 Å². The first-order valence-corrected chi connectivity index (χ1v) is 7.57. The molecule has 0 spiro atoms. The first-order valence-electron chi connectivity index (χ1n) is 7.57. The molecule has 0 radical (unpaired) electrons. The molecule has 20 heavy (non-hydrogen) atoms. The van der Waals surface area contributed by atoms with Gasteiger partial charge in [0.25, 0.3) is 0 Å². The number of hydrogen-bond donors (Lipinski definition) is 1. The maximum atomic E-state index is 12.4. The Morgan fingerprint density at radius 2 is 1.50 bits per heavy atom. The second-order valence-corrected chi connectivity index (χ2v) is 6.77. The molecule has 2 nitrogen and oxygen atoms in total. The quantitative estimate of drug-likeness (QED) is 0.641. The van der Waals surface area contributed by atoms with E-state index in [0.29, 0.717) is 6.54 Å². The summed E-state index contributed by atoms with van der Waals surface area (Å²) in [6, 6.07) is -0.0563. The molecule has 0 fully saturated rings. The lowest BCUT2D eigenvalue weighted by Gasteiger charge is -2.27. The molecule has 0 aliphatic rings. The molecule has 0 bridgehead atoms. The van der Waals surface area contributed by atoms with Crippen LogP contribution in [0, 0.1) is 0 Å². The first kappa shape index (κ1) is 19.7. The highest BCUT2D eigenvalue weighted by molar-refractivity contribution is 4.70. The van der Waals surface area contributed by atoms with Crippen molar-refractivity contribution in [2.45, 2.75) is 78.1 Å². The van der Waals surface area contributed by atoms with Crippen molar-refractivity contribution < 1.29 is 13.2 Å². The summed E-state index contributed by atoms with van der Waals surface area (Å²) in [5.41, 5.74) is 0.140. The SMILES string of the molecule is CC(C)N(CCCCCCNC(C)(C)C)CC(F)(F)F. The summed E-state index contributed by atoms with van der Waals surface area (Å²) in [5, 5.41) is 3.41. The van der Waals surface area contributed by atoms with Crippen molar-refractivity contribution in [1.29, 1.82) is 0 Å². The summed E-state index contributed by atoms with van der Waals surface area (Å²) in [4.78, 5) is 1.51. The van der Waals surface area contributed by atoms with Gasteiger partial charge in [0, 0.05) is 11.6 Å². The zero-order valence-corrected chi connectivity index (χ0v) is 13.6. The van der Waals surface area contributed by atoms with Gasteiger partial charge in [-0.25, -0.2) is 0 Å². The molecular formula is C15H31F3N2. The zero-order chi connectivity index (χ0) is 15.8. The van der Waals surface area contributed by atoms with E-state index in [1.54, 1.807) is 0 Å². The van der Waals surface area contributed by atoms with Crippen LogP contribution in [0.15, 0.2) is 0 Å². The highest BCUT2D eigenvalue weighted by atomic mass is 19.4. The lowest BCUT2D eigenvalue weighted by Crippen LogP contribution is -2.39. The molecule has 0 aliphatic heterocycles. The maximum absolute atomic E-state index is 12.4. The van der Waals surface area contributed by atoms with Gasteiger partial charge in [-0.2, -0.15) is 13.2 Å². The highest BCUT2D eigenvalue weighted by Gasteiger charge is 2.31. The lowest BCUT2D eigenvalue weighted by atomic mass is 10.1. The summed E-state index contributed by atoms with van der Waals surface area (Å²) in [5.74, 6) is 0. The molecule has 0 amide bonds. The number of hydrogen-bond acceptors (Lipinski definition) is 2. The number of alkyl halides is 3. The second kappa shape index (κ2) is 8.88. The van der Waals surface area contributed by atoms with Crippen LogP contribution in [0.25, 0.3) is 0 Å². The van der Waals surface area contributed by atoms with Gasteiger partial charge in [0.05, 0.1) is 6.54 Å². The Morgan fingerprint density at radius 1 is 0.950 bits per heavy atom. The molecule has 5 heteroatoms. The monoisotopic (exact) mass is 296 g/mol. The van der Waals surface area contributed by atoms with Crippen LogP contribution in [0.5, 0.6) is 0 Å². The third kappa shape index (κ3) is 12.7. The van der Waals surface area contributed by atoms with Crippen molar-refractivity contribution in [3.63, 3.8) is 0 Å². The van der Waals surface area contributed by atoms with E-state index in [1.807, 2.05) is 13.8 Å². The molecule has 0 aromatic heterocycles. The molecule has 0 rings (SSSR count). The van der Waals surface area contributed by atoms with Gasteiger partial charge in [-0.1, -0.05) is 12.8 Å². The number of nitrogens with one attached hydrogen (secondary N) is 1. The summed E-state index contributed by atoms with van der Waals surface area (Å²) >= 11 is 0. The molecule has 0 heterocycles. The van der Waals surface area contributed by atoms with Gasteiger partial charge < -0.3 is 5.32 Å². The smallest absolute Gasteiger partial charge is 0.312 e. The predicted molar refractivity (Wildman–Crippen MR) is 79.0 cm³/mol. The lowest BCUT2D eigenvalue weighted by molar-refractivity contribution is -0.149. The van der Waals surface area contributed by atoms with Gasteiger partial charge in [0.2, 0.25) is 0 Å². The van der Waals surface area contributed by atoms with Gasteiger partial charge in [0.15, 0.2) is 0 Å². The molecule has 0 aliphatic carbocycles. The molecule has 0 aromatic carbocycles. The maximum Gasteiger partial charge on any atom is 0.401 e. The van der Waals surface area contributed by atoms with E-state index in [1.165, 1.54) is 4.90 Å². The van der Waals surface area contributed by atoms with Crippen LogP contribution < -0.4 is 5.32 Å². The highest BCUT2D eigenvalue weighted by Crippen LogP contribution is 2.18. The zero-order valence-electron chi connectivity index (χ0n) is 13.6. The first-order chi connectivity index (χ1) is 9.01. The Kier molecular flexibility index (Phi) is 8.75. The number of rotatable bonds is 9. The van der Waals surface area contributed by atoms with Crippen molar-refractivity contribution in [3.8, 4) is 0 Å². The van der Waals surface area contributed by atoms with Crippen LogP contribution >= 0.6 is 0 Å². The number of halogens is 3. The molecule has 122 valence electrons. The minimum atomic E-state index is -4.10. The van der Waals surface area contributed by atoms with E-state index < -0.39 is 12.7 Å². The Hall–Kier alpha value is -0.290. The third-order valence-corrected chi connectivity index (χ3v) is 3.14. The fourth-order valence-electron chi connectivity index (χ4n) is 2.01. The topological polar surface area (TPSA) is 15.3 Å². The predicted octanol–water partition coefficient (Wildman–Crippen LogP) is 4.21. The fraction of sp³-hybridized carbons (Fsp3) is 1.00. The normalized spacial score (nSPS) is 13.5. The largest absolute Gasteiger partial charge is 0.401 e. The van der Waals surface area contributed by atoms with Crippen molar-refractivity contribution >= 4 is 0 Å². The Bertz CT molecular complexity index is 244. The van der Waals surface area contributed by atoms with E-state index in [2.05, 4.69) is 26.1 Å². The molecule has 0 saturated carbocycles. The average molecular weight is 296 g/mol. The Balaban J connectivity index is 3.70. The molecule has 1 N–H and O–H groups in total. The van der Waals surface area contributed by atoms with Gasteiger partial charge >= 0.3 is 6.18 Å². The standard InChI is InChI=1S/C15H31F3N2/c1-13(2)20(12-15(16,17)18)11-9-7-6-8-10-19-14(3,4)5/h13,19H,6-12H2,1-5H3. The number of nitrogens with zero attached hydrogens (tertiary/aromatic N) is 1. The second-order valence-electron chi connectivity index (χ2n) is 6.77. The van der Waals surface area contributed by atoms with Gasteiger partial charge in [-0.15, -0.1) is 0 Å². The van der Waals surface area contributed by atoms with Crippen LogP contribution in [-0.4, -0.2) is 42.3 Å².